The van der Waals surface area contributed by atoms with Gasteiger partial charge < -0.3 is 10.1 Å². The van der Waals surface area contributed by atoms with Crippen LogP contribution in [0.3, 0.4) is 0 Å². The third-order valence-corrected chi connectivity index (χ3v) is 5.97. The van der Waals surface area contributed by atoms with Gasteiger partial charge in [-0.05, 0) is 65.9 Å². The van der Waals surface area contributed by atoms with Crippen LogP contribution in [0.15, 0.2) is 77.7 Å². The molecule has 6 nitrogen and oxygen atoms in total. The lowest BCUT2D eigenvalue weighted by Crippen LogP contribution is -2.36. The summed E-state index contributed by atoms with van der Waals surface area (Å²) in [4.78, 5) is 38.5. The van der Waals surface area contributed by atoms with E-state index < -0.39 is 23.6 Å². The van der Waals surface area contributed by atoms with Gasteiger partial charge in [-0.2, -0.15) is 0 Å². The second-order valence-electron chi connectivity index (χ2n) is 7.28. The second-order valence-corrected chi connectivity index (χ2v) is 8.71. The first-order valence-corrected chi connectivity index (χ1v) is 11.4. The van der Waals surface area contributed by atoms with Crippen molar-refractivity contribution in [2.45, 2.75) is 6.61 Å². The summed E-state index contributed by atoms with van der Waals surface area (Å²) in [5.41, 5.74) is 1.55. The Labute approximate surface area is 204 Å². The van der Waals surface area contributed by atoms with Crippen molar-refractivity contribution < 1.29 is 23.5 Å². The molecule has 0 bridgehead atoms. The van der Waals surface area contributed by atoms with E-state index in [1.807, 2.05) is 0 Å². The van der Waals surface area contributed by atoms with Crippen molar-refractivity contribution >= 4 is 52.2 Å². The largest absolute Gasteiger partial charge is 0.489 e. The molecule has 1 N–H and O–H groups in total. The van der Waals surface area contributed by atoms with Gasteiger partial charge in [0.05, 0.1) is 4.91 Å². The van der Waals surface area contributed by atoms with E-state index in [1.54, 1.807) is 72.8 Å². The van der Waals surface area contributed by atoms with Gasteiger partial charge in [0.25, 0.3) is 11.1 Å². The number of halogens is 2. The zero-order valence-electron chi connectivity index (χ0n) is 17.7. The number of hydrogen-bond acceptors (Lipinski definition) is 5. The topological polar surface area (TPSA) is 75.7 Å². The van der Waals surface area contributed by atoms with E-state index in [9.17, 15) is 18.8 Å². The standard InChI is InChI=1S/C25H18ClFN2O4S/c26-18-8-10-19(11-9-18)28-23(30)14-29-24(31)22(34-25(29)32)13-16-4-3-6-20(12-16)33-15-17-5-1-2-7-21(17)27/h1-13H,14-15H2,(H,28,30)/b22-13+. The fourth-order valence-electron chi connectivity index (χ4n) is 3.14. The summed E-state index contributed by atoms with van der Waals surface area (Å²) in [6.07, 6.45) is 1.55. The molecule has 0 saturated carbocycles. The molecule has 0 aromatic heterocycles. The fourth-order valence-corrected chi connectivity index (χ4v) is 4.10. The molecule has 1 heterocycles. The van der Waals surface area contributed by atoms with E-state index in [0.29, 0.717) is 27.6 Å². The van der Waals surface area contributed by atoms with Crippen LogP contribution in [0.2, 0.25) is 5.02 Å². The van der Waals surface area contributed by atoms with Gasteiger partial charge in [0.15, 0.2) is 0 Å². The Balaban J connectivity index is 1.40. The molecule has 1 aliphatic heterocycles. The first kappa shape index (κ1) is 23.5. The summed E-state index contributed by atoms with van der Waals surface area (Å²) in [7, 11) is 0. The van der Waals surface area contributed by atoms with Crippen LogP contribution in [0.1, 0.15) is 11.1 Å². The molecule has 0 unspecified atom stereocenters. The van der Waals surface area contributed by atoms with E-state index in [-0.39, 0.29) is 17.3 Å². The predicted octanol–water partition coefficient (Wildman–Crippen LogP) is 5.73. The summed E-state index contributed by atoms with van der Waals surface area (Å²) >= 11 is 6.58. The van der Waals surface area contributed by atoms with Crippen LogP contribution >= 0.6 is 23.4 Å². The van der Waals surface area contributed by atoms with Crippen LogP contribution in [0.4, 0.5) is 14.9 Å². The number of thioether (sulfide) groups is 1. The lowest BCUT2D eigenvalue weighted by Gasteiger charge is -2.12. The molecule has 3 aromatic rings. The number of amides is 3. The van der Waals surface area contributed by atoms with Crippen molar-refractivity contribution in [3.05, 3.63) is 99.7 Å². The molecule has 1 saturated heterocycles. The monoisotopic (exact) mass is 496 g/mol. The van der Waals surface area contributed by atoms with E-state index >= 15 is 0 Å². The van der Waals surface area contributed by atoms with Crippen LogP contribution in [0.25, 0.3) is 6.08 Å². The highest BCUT2D eigenvalue weighted by Gasteiger charge is 2.36. The summed E-state index contributed by atoms with van der Waals surface area (Å²) in [6, 6.07) is 19.7. The van der Waals surface area contributed by atoms with Crippen LogP contribution in [-0.2, 0) is 16.2 Å². The van der Waals surface area contributed by atoms with Crippen molar-refractivity contribution in [2.75, 3.05) is 11.9 Å². The highest BCUT2D eigenvalue weighted by Crippen LogP contribution is 2.32. The quantitative estimate of drug-likeness (QED) is 0.422. The lowest BCUT2D eigenvalue weighted by atomic mass is 10.2. The number of ether oxygens (including phenoxy) is 1. The fraction of sp³-hybridized carbons (Fsp3) is 0.0800. The summed E-state index contributed by atoms with van der Waals surface area (Å²) in [5.74, 6) is -0.931. The Morgan fingerprint density at radius 2 is 1.82 bits per heavy atom. The van der Waals surface area contributed by atoms with E-state index in [4.69, 9.17) is 16.3 Å². The molecule has 3 aromatic carbocycles. The number of nitrogens with zero attached hydrogens (tertiary/aromatic N) is 1. The van der Waals surface area contributed by atoms with Gasteiger partial charge in [-0.3, -0.25) is 19.3 Å². The minimum atomic E-state index is -0.557. The maximum atomic E-state index is 13.8. The third kappa shape index (κ3) is 5.84. The van der Waals surface area contributed by atoms with Crippen LogP contribution in [0.5, 0.6) is 5.75 Å². The van der Waals surface area contributed by atoms with Crippen molar-refractivity contribution in [3.8, 4) is 5.75 Å². The van der Waals surface area contributed by atoms with Gasteiger partial charge in [-0.25, -0.2) is 4.39 Å². The van der Waals surface area contributed by atoms with Crippen LogP contribution in [-0.4, -0.2) is 28.5 Å². The van der Waals surface area contributed by atoms with Crippen molar-refractivity contribution in [3.63, 3.8) is 0 Å². The number of nitrogens with one attached hydrogen (secondary N) is 1. The molecule has 3 amide bonds. The Morgan fingerprint density at radius 1 is 1.06 bits per heavy atom. The molecular formula is C25H18ClFN2O4S. The number of benzene rings is 3. The Bertz CT molecular complexity index is 1280. The molecule has 0 aliphatic carbocycles. The average molecular weight is 497 g/mol. The summed E-state index contributed by atoms with van der Waals surface area (Å²) < 4.78 is 19.5. The van der Waals surface area contributed by atoms with Crippen molar-refractivity contribution in [1.29, 1.82) is 0 Å². The van der Waals surface area contributed by atoms with Crippen LogP contribution < -0.4 is 10.1 Å². The van der Waals surface area contributed by atoms with Gasteiger partial charge in [0, 0.05) is 16.3 Å². The average Bonchev–Trinajstić information content (AvgIpc) is 3.07. The van der Waals surface area contributed by atoms with Gasteiger partial charge >= 0.3 is 0 Å². The smallest absolute Gasteiger partial charge is 0.294 e. The zero-order chi connectivity index (χ0) is 24.1. The molecule has 0 radical (unpaired) electrons. The summed E-state index contributed by atoms with van der Waals surface area (Å²) in [5, 5.41) is 2.62. The SMILES string of the molecule is O=C(CN1C(=O)S/C(=C/c2cccc(OCc3ccccc3F)c2)C1=O)Nc1ccc(Cl)cc1. The Kier molecular flexibility index (Phi) is 7.30. The maximum absolute atomic E-state index is 13.8. The number of carbonyl (C=O) groups excluding carboxylic acids is 3. The minimum Gasteiger partial charge on any atom is -0.489 e. The molecule has 172 valence electrons. The molecule has 1 fully saturated rings. The first-order chi connectivity index (χ1) is 16.4. The maximum Gasteiger partial charge on any atom is 0.294 e. The van der Waals surface area contributed by atoms with Gasteiger partial charge in [0.1, 0.15) is 24.7 Å². The van der Waals surface area contributed by atoms with Crippen molar-refractivity contribution in [1.82, 2.24) is 4.90 Å². The van der Waals surface area contributed by atoms with E-state index in [2.05, 4.69) is 5.32 Å². The summed E-state index contributed by atoms with van der Waals surface area (Å²) in [6.45, 7) is -0.355. The lowest BCUT2D eigenvalue weighted by molar-refractivity contribution is -0.127. The van der Waals surface area contributed by atoms with Crippen molar-refractivity contribution in [2.24, 2.45) is 0 Å². The Hall–Kier alpha value is -3.62. The predicted molar refractivity (Wildman–Crippen MR) is 130 cm³/mol. The molecule has 0 atom stereocenters. The normalized spacial score (nSPS) is 14.5. The third-order valence-electron chi connectivity index (χ3n) is 4.81. The second kappa shape index (κ2) is 10.5. The number of hydrogen-bond donors (Lipinski definition) is 1. The molecule has 9 heteroatoms. The molecule has 34 heavy (non-hydrogen) atoms. The molecular weight excluding hydrogens is 479 g/mol. The zero-order valence-corrected chi connectivity index (χ0v) is 19.2. The van der Waals surface area contributed by atoms with Gasteiger partial charge in [-0.1, -0.05) is 41.9 Å². The van der Waals surface area contributed by atoms with Crippen LogP contribution in [0, 0.1) is 5.82 Å². The van der Waals surface area contributed by atoms with E-state index in [1.165, 1.54) is 6.07 Å². The number of carbonyl (C=O) groups is 3. The van der Waals surface area contributed by atoms with Gasteiger partial charge in [-0.15, -0.1) is 0 Å². The van der Waals surface area contributed by atoms with E-state index in [0.717, 1.165) is 16.7 Å². The highest BCUT2D eigenvalue weighted by atomic mass is 35.5. The molecule has 1 aliphatic rings. The minimum absolute atomic E-state index is 0.0510. The molecule has 0 spiro atoms. The number of rotatable bonds is 7. The first-order valence-electron chi connectivity index (χ1n) is 10.2. The highest BCUT2D eigenvalue weighted by molar-refractivity contribution is 8.18. The molecule has 4 rings (SSSR count). The number of imide groups is 1. The van der Waals surface area contributed by atoms with Gasteiger partial charge in [0.2, 0.25) is 5.91 Å². The number of anilines is 1. The Morgan fingerprint density at radius 3 is 2.59 bits per heavy atom.